The van der Waals surface area contributed by atoms with Gasteiger partial charge in [-0.15, -0.1) is 0 Å². The van der Waals surface area contributed by atoms with Crippen LogP contribution < -0.4 is 0 Å². The minimum atomic E-state index is -0.373. The van der Waals surface area contributed by atoms with Crippen molar-refractivity contribution in [3.8, 4) is 0 Å². The van der Waals surface area contributed by atoms with Crippen molar-refractivity contribution in [2.45, 2.75) is 20.8 Å². The number of esters is 1. The van der Waals surface area contributed by atoms with Crippen molar-refractivity contribution in [1.82, 2.24) is 9.78 Å². The van der Waals surface area contributed by atoms with Gasteiger partial charge in [0.2, 0.25) is 0 Å². The zero-order valence-electron chi connectivity index (χ0n) is 12.0. The van der Waals surface area contributed by atoms with Crippen LogP contribution in [0.15, 0.2) is 36.4 Å². The number of carbonyl (C=O) groups is 1. The molecule has 0 atom stereocenters. The van der Waals surface area contributed by atoms with E-state index in [2.05, 4.69) is 5.10 Å². The number of aryl methyl sites for hydroxylation is 2. The molecule has 0 spiro atoms. The summed E-state index contributed by atoms with van der Waals surface area (Å²) in [5.41, 5.74) is 3.12. The number of rotatable bonds is 4. The highest BCUT2D eigenvalue weighted by Crippen LogP contribution is 2.16. The van der Waals surface area contributed by atoms with Crippen molar-refractivity contribution in [1.29, 1.82) is 0 Å². The number of aromatic nitrogens is 2. The van der Waals surface area contributed by atoms with E-state index in [1.807, 2.05) is 50.2 Å². The van der Waals surface area contributed by atoms with E-state index in [-0.39, 0.29) is 5.97 Å². The SMILES string of the molecule is CCOC(=O)/C(=C/c1ccccc1)n1nc(C)cc1C. The average molecular weight is 270 g/mol. The molecule has 0 amide bonds. The van der Waals surface area contributed by atoms with Gasteiger partial charge in [0.25, 0.3) is 0 Å². The summed E-state index contributed by atoms with van der Waals surface area (Å²) in [5, 5.41) is 4.36. The Hall–Kier alpha value is -2.36. The molecule has 1 aromatic heterocycles. The molecule has 4 nitrogen and oxygen atoms in total. The highest BCUT2D eigenvalue weighted by Gasteiger charge is 2.16. The Bertz CT molecular complexity index is 627. The number of nitrogens with zero attached hydrogens (tertiary/aromatic N) is 2. The lowest BCUT2D eigenvalue weighted by molar-refractivity contribution is -0.136. The monoisotopic (exact) mass is 270 g/mol. The van der Waals surface area contributed by atoms with Crippen LogP contribution >= 0.6 is 0 Å². The fourth-order valence-corrected chi connectivity index (χ4v) is 1.99. The van der Waals surface area contributed by atoms with Crippen molar-refractivity contribution in [2.75, 3.05) is 6.61 Å². The summed E-state index contributed by atoms with van der Waals surface area (Å²) in [6.07, 6.45) is 1.79. The zero-order valence-corrected chi connectivity index (χ0v) is 12.0. The van der Waals surface area contributed by atoms with Gasteiger partial charge in [-0.1, -0.05) is 30.3 Å². The van der Waals surface area contributed by atoms with Crippen LogP contribution in [-0.4, -0.2) is 22.4 Å². The third-order valence-electron chi connectivity index (χ3n) is 2.83. The third kappa shape index (κ3) is 3.15. The number of ether oxygens (including phenoxy) is 1. The van der Waals surface area contributed by atoms with Crippen LogP contribution in [0.5, 0.6) is 0 Å². The fourth-order valence-electron chi connectivity index (χ4n) is 1.99. The first-order valence-corrected chi connectivity index (χ1v) is 6.59. The summed E-state index contributed by atoms with van der Waals surface area (Å²) in [7, 11) is 0. The zero-order chi connectivity index (χ0) is 14.5. The van der Waals surface area contributed by atoms with Gasteiger partial charge in [0.1, 0.15) is 0 Å². The van der Waals surface area contributed by atoms with Gasteiger partial charge in [-0.05, 0) is 38.5 Å². The van der Waals surface area contributed by atoms with Crippen LogP contribution in [0.1, 0.15) is 23.9 Å². The second-order valence-electron chi connectivity index (χ2n) is 4.50. The highest BCUT2D eigenvalue weighted by atomic mass is 16.5. The van der Waals surface area contributed by atoms with Crippen LogP contribution in [0.3, 0.4) is 0 Å². The molecule has 20 heavy (non-hydrogen) atoms. The van der Waals surface area contributed by atoms with Crippen LogP contribution in [0.4, 0.5) is 0 Å². The first-order valence-electron chi connectivity index (χ1n) is 6.59. The Morgan fingerprint density at radius 2 is 2.00 bits per heavy atom. The molecule has 0 fully saturated rings. The lowest BCUT2D eigenvalue weighted by Crippen LogP contribution is -2.14. The highest BCUT2D eigenvalue weighted by molar-refractivity contribution is 6.15. The summed E-state index contributed by atoms with van der Waals surface area (Å²) in [6.45, 7) is 5.94. The second kappa shape index (κ2) is 6.19. The molecule has 0 saturated carbocycles. The topological polar surface area (TPSA) is 44.1 Å². The Kier molecular flexibility index (Phi) is 4.35. The van der Waals surface area contributed by atoms with Gasteiger partial charge in [-0.3, -0.25) is 0 Å². The predicted octanol–water partition coefficient (Wildman–Crippen LogP) is 3.06. The largest absolute Gasteiger partial charge is 0.461 e. The Balaban J connectivity index is 2.48. The summed E-state index contributed by atoms with van der Waals surface area (Å²) < 4.78 is 6.75. The molecule has 2 aromatic rings. The standard InChI is InChI=1S/C16H18N2O2/c1-4-20-16(19)15(11-14-8-6-5-7-9-14)18-13(3)10-12(2)17-18/h5-11H,4H2,1-3H3/b15-11-. The molecule has 0 radical (unpaired) electrons. The molecule has 2 rings (SSSR count). The van der Waals surface area contributed by atoms with Crippen LogP contribution in [-0.2, 0) is 9.53 Å². The van der Waals surface area contributed by atoms with E-state index >= 15 is 0 Å². The number of benzene rings is 1. The van der Waals surface area contributed by atoms with Gasteiger partial charge in [-0.25, -0.2) is 9.48 Å². The molecule has 4 heteroatoms. The van der Waals surface area contributed by atoms with Crippen molar-refractivity contribution in [2.24, 2.45) is 0 Å². The molecule has 0 bridgehead atoms. The maximum Gasteiger partial charge on any atom is 0.356 e. The predicted molar refractivity (Wildman–Crippen MR) is 78.9 cm³/mol. The molecule has 0 aliphatic rings. The van der Waals surface area contributed by atoms with Gasteiger partial charge >= 0.3 is 5.97 Å². The van der Waals surface area contributed by atoms with Crippen molar-refractivity contribution < 1.29 is 9.53 Å². The molecule has 1 heterocycles. The average Bonchev–Trinajstić information content (AvgIpc) is 2.76. The molecule has 0 aliphatic heterocycles. The van der Waals surface area contributed by atoms with Crippen LogP contribution in [0.25, 0.3) is 11.8 Å². The minimum Gasteiger partial charge on any atom is -0.461 e. The van der Waals surface area contributed by atoms with E-state index in [0.29, 0.717) is 12.3 Å². The summed E-state index contributed by atoms with van der Waals surface area (Å²) in [6, 6.07) is 11.6. The lowest BCUT2D eigenvalue weighted by Gasteiger charge is -2.09. The van der Waals surface area contributed by atoms with Gasteiger partial charge in [0, 0.05) is 5.69 Å². The summed E-state index contributed by atoms with van der Waals surface area (Å²) >= 11 is 0. The molecule has 0 saturated heterocycles. The van der Waals surface area contributed by atoms with Gasteiger partial charge in [0.15, 0.2) is 5.70 Å². The quantitative estimate of drug-likeness (QED) is 0.633. The smallest absolute Gasteiger partial charge is 0.356 e. The van der Waals surface area contributed by atoms with Crippen LogP contribution in [0, 0.1) is 13.8 Å². The van der Waals surface area contributed by atoms with E-state index < -0.39 is 0 Å². The van der Waals surface area contributed by atoms with Gasteiger partial charge in [-0.2, -0.15) is 5.10 Å². The van der Waals surface area contributed by atoms with E-state index in [9.17, 15) is 4.79 Å². The summed E-state index contributed by atoms with van der Waals surface area (Å²) in [5.74, 6) is -0.373. The second-order valence-corrected chi connectivity index (χ2v) is 4.50. The van der Waals surface area contributed by atoms with Gasteiger partial charge < -0.3 is 4.74 Å². The van der Waals surface area contributed by atoms with Crippen molar-refractivity contribution >= 4 is 17.7 Å². The molecular formula is C16H18N2O2. The maximum absolute atomic E-state index is 12.2. The Morgan fingerprint density at radius 3 is 2.55 bits per heavy atom. The molecule has 0 unspecified atom stereocenters. The van der Waals surface area contributed by atoms with Crippen LogP contribution in [0.2, 0.25) is 0 Å². The Labute approximate surface area is 118 Å². The van der Waals surface area contributed by atoms with Crippen molar-refractivity contribution in [3.63, 3.8) is 0 Å². The van der Waals surface area contributed by atoms with E-state index in [1.165, 1.54) is 0 Å². The van der Waals surface area contributed by atoms with E-state index in [4.69, 9.17) is 4.74 Å². The van der Waals surface area contributed by atoms with E-state index in [1.54, 1.807) is 17.7 Å². The maximum atomic E-state index is 12.2. The van der Waals surface area contributed by atoms with Crippen molar-refractivity contribution in [3.05, 3.63) is 53.3 Å². The Morgan fingerprint density at radius 1 is 1.30 bits per heavy atom. The fraction of sp³-hybridized carbons (Fsp3) is 0.250. The molecular weight excluding hydrogens is 252 g/mol. The minimum absolute atomic E-state index is 0.338. The molecule has 0 aliphatic carbocycles. The molecule has 0 N–H and O–H groups in total. The number of carbonyl (C=O) groups excluding carboxylic acids is 1. The lowest BCUT2D eigenvalue weighted by atomic mass is 10.2. The number of hydrogen-bond donors (Lipinski definition) is 0. The molecule has 104 valence electrons. The van der Waals surface area contributed by atoms with E-state index in [0.717, 1.165) is 17.0 Å². The summed E-state index contributed by atoms with van der Waals surface area (Å²) in [4.78, 5) is 12.2. The number of hydrogen-bond acceptors (Lipinski definition) is 3. The van der Waals surface area contributed by atoms with Gasteiger partial charge in [0.05, 0.1) is 12.3 Å². The third-order valence-corrected chi connectivity index (χ3v) is 2.83. The first-order chi connectivity index (χ1) is 9.61. The normalized spacial score (nSPS) is 11.4. The molecule has 1 aromatic carbocycles. The first kappa shape index (κ1) is 14.1.